The van der Waals surface area contributed by atoms with E-state index in [1.165, 1.54) is 0 Å². The van der Waals surface area contributed by atoms with E-state index >= 15 is 0 Å². The van der Waals surface area contributed by atoms with Gasteiger partial charge in [-0.3, -0.25) is 9.89 Å². The van der Waals surface area contributed by atoms with Crippen LogP contribution in [-0.2, 0) is 0 Å². The summed E-state index contributed by atoms with van der Waals surface area (Å²) < 4.78 is 0. The summed E-state index contributed by atoms with van der Waals surface area (Å²) >= 11 is 0. The van der Waals surface area contributed by atoms with Crippen LogP contribution in [0.2, 0.25) is 0 Å². The Morgan fingerprint density at radius 3 is 2.62 bits per heavy atom. The molecule has 0 aliphatic carbocycles. The van der Waals surface area contributed by atoms with E-state index in [1.54, 1.807) is 6.92 Å². The van der Waals surface area contributed by atoms with Crippen LogP contribution in [0.25, 0.3) is 0 Å². The maximum Gasteiger partial charge on any atom is 0.257 e. The minimum absolute atomic E-state index is 0.165. The monoisotopic (exact) mass is 224 g/mol. The molecule has 0 saturated heterocycles. The summed E-state index contributed by atoms with van der Waals surface area (Å²) in [5.74, 6) is 0.0875. The molecule has 1 amide bonds. The van der Waals surface area contributed by atoms with E-state index in [0.717, 1.165) is 12.8 Å². The quantitative estimate of drug-likeness (QED) is 0.726. The highest BCUT2D eigenvalue weighted by Gasteiger charge is 2.23. The second-order valence-corrected chi connectivity index (χ2v) is 4.70. The van der Waals surface area contributed by atoms with Gasteiger partial charge in [0.1, 0.15) is 5.56 Å². The molecule has 1 aromatic heterocycles. The van der Waals surface area contributed by atoms with E-state index < -0.39 is 0 Å². The summed E-state index contributed by atoms with van der Waals surface area (Å²) in [6.45, 7) is 7.87. The molecule has 0 fully saturated rings. The molecule has 1 heterocycles. The summed E-state index contributed by atoms with van der Waals surface area (Å²) in [6.07, 6.45) is 1.95. The summed E-state index contributed by atoms with van der Waals surface area (Å²) in [4.78, 5) is 12.0. The highest BCUT2D eigenvalue weighted by Crippen LogP contribution is 2.16. The molecule has 5 nitrogen and oxygen atoms in total. The first kappa shape index (κ1) is 12.5. The van der Waals surface area contributed by atoms with Crippen molar-refractivity contribution in [2.24, 2.45) is 0 Å². The number of nitrogens with zero attached hydrogens (tertiary/aromatic N) is 1. The number of rotatable bonds is 4. The van der Waals surface area contributed by atoms with Crippen molar-refractivity contribution in [3.8, 4) is 0 Å². The van der Waals surface area contributed by atoms with Crippen LogP contribution >= 0.6 is 0 Å². The van der Waals surface area contributed by atoms with Crippen molar-refractivity contribution in [1.82, 2.24) is 15.5 Å². The van der Waals surface area contributed by atoms with Gasteiger partial charge in [0.05, 0.1) is 0 Å². The molecule has 16 heavy (non-hydrogen) atoms. The number of carbonyl (C=O) groups is 1. The van der Waals surface area contributed by atoms with Crippen LogP contribution in [-0.4, -0.2) is 21.6 Å². The molecule has 1 rings (SSSR count). The Kier molecular flexibility index (Phi) is 3.57. The predicted molar refractivity (Wildman–Crippen MR) is 64.2 cm³/mol. The number of amides is 1. The Morgan fingerprint density at radius 1 is 1.56 bits per heavy atom. The minimum Gasteiger partial charge on any atom is -0.382 e. The van der Waals surface area contributed by atoms with Gasteiger partial charge in [0.2, 0.25) is 0 Å². The number of nitrogens with one attached hydrogen (secondary N) is 2. The van der Waals surface area contributed by atoms with Crippen LogP contribution in [0, 0.1) is 6.92 Å². The molecule has 0 saturated carbocycles. The maximum absolute atomic E-state index is 12.0. The van der Waals surface area contributed by atoms with E-state index in [0.29, 0.717) is 11.3 Å². The molecule has 1 aromatic rings. The number of aromatic nitrogens is 2. The smallest absolute Gasteiger partial charge is 0.257 e. The van der Waals surface area contributed by atoms with E-state index in [-0.39, 0.29) is 17.3 Å². The molecule has 0 aliphatic heterocycles. The van der Waals surface area contributed by atoms with Crippen LogP contribution in [0.5, 0.6) is 0 Å². The van der Waals surface area contributed by atoms with Gasteiger partial charge >= 0.3 is 0 Å². The fraction of sp³-hybridized carbons (Fsp3) is 0.636. The lowest BCUT2D eigenvalue weighted by Gasteiger charge is -2.25. The largest absolute Gasteiger partial charge is 0.382 e. The average molecular weight is 224 g/mol. The zero-order chi connectivity index (χ0) is 12.3. The molecule has 0 radical (unpaired) electrons. The second kappa shape index (κ2) is 4.55. The summed E-state index contributed by atoms with van der Waals surface area (Å²) in [5.41, 5.74) is 6.56. The van der Waals surface area contributed by atoms with Crippen molar-refractivity contribution < 1.29 is 4.79 Å². The normalized spacial score (nSPS) is 11.5. The van der Waals surface area contributed by atoms with Crippen LogP contribution in [0.3, 0.4) is 0 Å². The summed E-state index contributed by atoms with van der Waals surface area (Å²) in [5, 5.41) is 9.47. The van der Waals surface area contributed by atoms with Gasteiger partial charge in [-0.1, -0.05) is 13.3 Å². The second-order valence-electron chi connectivity index (χ2n) is 4.70. The van der Waals surface area contributed by atoms with E-state index in [2.05, 4.69) is 22.4 Å². The number of carbonyl (C=O) groups excluding carboxylic acids is 1. The Balaban J connectivity index is 2.80. The molecule has 0 bridgehead atoms. The third-order valence-electron chi connectivity index (χ3n) is 2.53. The SMILES string of the molecule is CCCC(C)(C)NC(=O)c1c(N)n[nH]c1C. The summed E-state index contributed by atoms with van der Waals surface area (Å²) in [7, 11) is 0. The lowest BCUT2D eigenvalue weighted by molar-refractivity contribution is 0.0909. The highest BCUT2D eigenvalue weighted by molar-refractivity contribution is 5.99. The van der Waals surface area contributed by atoms with Gasteiger partial charge < -0.3 is 11.1 Å². The number of nitrogen functional groups attached to an aromatic ring is 1. The molecule has 0 atom stereocenters. The molecule has 0 spiro atoms. The third kappa shape index (κ3) is 2.74. The number of hydrogen-bond acceptors (Lipinski definition) is 3. The van der Waals surface area contributed by atoms with Crippen LogP contribution in [0.4, 0.5) is 5.82 Å². The first-order valence-electron chi connectivity index (χ1n) is 5.50. The van der Waals surface area contributed by atoms with Crippen molar-refractivity contribution in [1.29, 1.82) is 0 Å². The highest BCUT2D eigenvalue weighted by atomic mass is 16.1. The minimum atomic E-state index is -0.220. The van der Waals surface area contributed by atoms with Crippen molar-refractivity contribution in [2.45, 2.75) is 46.1 Å². The molecule has 90 valence electrons. The van der Waals surface area contributed by atoms with Gasteiger partial charge in [-0.15, -0.1) is 0 Å². The molecule has 5 heteroatoms. The molecular weight excluding hydrogens is 204 g/mol. The average Bonchev–Trinajstić information content (AvgIpc) is 2.44. The molecule has 0 unspecified atom stereocenters. The van der Waals surface area contributed by atoms with Gasteiger partial charge in [-0.2, -0.15) is 5.10 Å². The molecule has 4 N–H and O–H groups in total. The first-order valence-corrected chi connectivity index (χ1v) is 5.50. The summed E-state index contributed by atoms with van der Waals surface area (Å²) in [6, 6.07) is 0. The molecule has 0 aliphatic rings. The number of nitrogens with two attached hydrogens (primary N) is 1. The fourth-order valence-corrected chi connectivity index (χ4v) is 1.79. The number of aromatic amines is 1. The molecule has 0 aromatic carbocycles. The van der Waals surface area contributed by atoms with Crippen molar-refractivity contribution in [2.75, 3.05) is 5.73 Å². The van der Waals surface area contributed by atoms with Crippen LogP contribution in [0.15, 0.2) is 0 Å². The fourth-order valence-electron chi connectivity index (χ4n) is 1.79. The van der Waals surface area contributed by atoms with E-state index in [1.807, 2.05) is 13.8 Å². The number of H-pyrrole nitrogens is 1. The van der Waals surface area contributed by atoms with Crippen molar-refractivity contribution >= 4 is 11.7 Å². The maximum atomic E-state index is 12.0. The Labute approximate surface area is 95.8 Å². The van der Waals surface area contributed by atoms with E-state index in [9.17, 15) is 4.79 Å². The Bertz CT molecular complexity index is 362. The van der Waals surface area contributed by atoms with Crippen molar-refractivity contribution in [3.63, 3.8) is 0 Å². The zero-order valence-corrected chi connectivity index (χ0v) is 10.3. The standard InChI is InChI=1S/C11H20N4O/c1-5-6-11(3,4)13-10(16)8-7(2)14-15-9(8)12/h5-6H2,1-4H3,(H,13,16)(H3,12,14,15). The van der Waals surface area contributed by atoms with E-state index in [4.69, 9.17) is 5.73 Å². The number of anilines is 1. The Hall–Kier alpha value is -1.52. The lowest BCUT2D eigenvalue weighted by atomic mass is 9.98. The lowest BCUT2D eigenvalue weighted by Crippen LogP contribution is -2.43. The van der Waals surface area contributed by atoms with Crippen LogP contribution < -0.4 is 11.1 Å². The van der Waals surface area contributed by atoms with Gasteiger partial charge in [0.25, 0.3) is 5.91 Å². The Morgan fingerprint density at radius 2 is 2.19 bits per heavy atom. The van der Waals surface area contributed by atoms with Crippen molar-refractivity contribution in [3.05, 3.63) is 11.3 Å². The van der Waals surface area contributed by atoms with Crippen LogP contribution in [0.1, 0.15) is 49.7 Å². The third-order valence-corrected chi connectivity index (χ3v) is 2.53. The number of aryl methyl sites for hydroxylation is 1. The topological polar surface area (TPSA) is 83.8 Å². The zero-order valence-electron chi connectivity index (χ0n) is 10.3. The van der Waals surface area contributed by atoms with Gasteiger partial charge in [-0.25, -0.2) is 0 Å². The van der Waals surface area contributed by atoms with Gasteiger partial charge in [-0.05, 0) is 27.2 Å². The van der Waals surface area contributed by atoms with Gasteiger partial charge in [0.15, 0.2) is 5.82 Å². The number of hydrogen-bond donors (Lipinski definition) is 3. The van der Waals surface area contributed by atoms with Gasteiger partial charge in [0, 0.05) is 11.2 Å². The predicted octanol–water partition coefficient (Wildman–Crippen LogP) is 1.61. The molecular formula is C11H20N4O. The first-order chi connectivity index (χ1) is 7.37.